The molecule has 0 unspecified atom stereocenters. The van der Waals surface area contributed by atoms with E-state index in [4.69, 9.17) is 4.42 Å². The summed E-state index contributed by atoms with van der Waals surface area (Å²) >= 11 is 11.2. The lowest BCUT2D eigenvalue weighted by Gasteiger charge is -1.67. The summed E-state index contributed by atoms with van der Waals surface area (Å²) in [6, 6.07) is 3.57. The average molecular weight is 180 g/mol. The Kier molecular flexibility index (Phi) is 6.69. The van der Waals surface area contributed by atoms with Gasteiger partial charge in [0.25, 0.3) is 0 Å². The molecule has 0 aliphatic rings. The monoisotopic (exact) mass is 180 g/mol. The molecule has 4 heteroatoms. The molecule has 0 aliphatic carbocycles. The summed E-state index contributed by atoms with van der Waals surface area (Å²) in [6.07, 6.45) is 1.59. The summed E-state index contributed by atoms with van der Waals surface area (Å²) in [4.78, 5) is 0. The van der Waals surface area contributed by atoms with Gasteiger partial charge < -0.3 is 4.42 Å². The summed E-state index contributed by atoms with van der Waals surface area (Å²) in [5.74, 6) is 0. The maximum atomic E-state index is 4.70. The van der Waals surface area contributed by atoms with Gasteiger partial charge in [-0.15, -0.1) is 12.6 Å². The van der Waals surface area contributed by atoms with Gasteiger partial charge in [0, 0.05) is 5.08 Å². The van der Waals surface area contributed by atoms with Crippen molar-refractivity contribution in [3.05, 3.63) is 18.4 Å². The van der Waals surface area contributed by atoms with Crippen LogP contribution in [0, 0.1) is 0 Å². The minimum atomic E-state index is 0.639. The molecule has 1 nitrogen and oxygen atoms in total. The molecule has 0 aromatic carbocycles. The normalized spacial score (nSPS) is 7.89. The van der Waals surface area contributed by atoms with Gasteiger partial charge in [0.1, 0.15) is 0 Å². The fourth-order valence-electron chi connectivity index (χ4n) is 0.270. The van der Waals surface area contributed by atoms with Gasteiger partial charge in [0.2, 0.25) is 0 Å². The van der Waals surface area contributed by atoms with Gasteiger partial charge in [-0.1, -0.05) is 0 Å². The van der Waals surface area contributed by atoms with Crippen LogP contribution < -0.4 is 0 Å². The van der Waals surface area contributed by atoms with Crippen molar-refractivity contribution in [1.29, 1.82) is 0 Å². The molecule has 0 bridgehead atoms. The first kappa shape index (κ1) is 9.33. The van der Waals surface area contributed by atoms with Crippen molar-refractivity contribution in [2.24, 2.45) is 0 Å². The van der Waals surface area contributed by atoms with Gasteiger partial charge in [-0.2, -0.15) is 25.3 Å². The van der Waals surface area contributed by atoms with E-state index in [1.165, 1.54) is 0 Å². The summed E-state index contributed by atoms with van der Waals surface area (Å²) in [6.45, 7) is 0. The van der Waals surface area contributed by atoms with E-state index in [0.717, 1.165) is 0 Å². The van der Waals surface area contributed by atoms with Gasteiger partial charge in [0.15, 0.2) is 5.09 Å². The second-order valence-electron chi connectivity index (χ2n) is 1.09. The summed E-state index contributed by atoms with van der Waals surface area (Å²) in [7, 11) is 0. The number of hydrogen-bond acceptors (Lipinski definition) is 4. The van der Waals surface area contributed by atoms with Gasteiger partial charge >= 0.3 is 0 Å². The van der Waals surface area contributed by atoms with E-state index in [-0.39, 0.29) is 0 Å². The zero-order chi connectivity index (χ0) is 7.11. The minimum absolute atomic E-state index is 0.639. The molecule has 0 amide bonds. The fraction of sp³-hybridized carbons (Fsp3) is 0.200. The SMILES string of the molecule is SCS.Sc1ccco1. The molecule has 52 valence electrons. The van der Waals surface area contributed by atoms with Crippen LogP contribution in [0.4, 0.5) is 0 Å². The van der Waals surface area contributed by atoms with Crippen LogP contribution in [0.25, 0.3) is 0 Å². The van der Waals surface area contributed by atoms with E-state index in [0.29, 0.717) is 10.2 Å². The fourth-order valence-corrected chi connectivity index (χ4v) is 0.417. The Morgan fingerprint density at radius 1 is 1.44 bits per heavy atom. The van der Waals surface area contributed by atoms with Crippen molar-refractivity contribution in [3.8, 4) is 0 Å². The van der Waals surface area contributed by atoms with Crippen molar-refractivity contribution in [1.82, 2.24) is 0 Å². The molecule has 1 rings (SSSR count). The highest BCUT2D eigenvalue weighted by molar-refractivity contribution is 7.98. The smallest absolute Gasteiger partial charge is 0.156 e. The average Bonchev–Trinajstić information content (AvgIpc) is 2.20. The van der Waals surface area contributed by atoms with Crippen LogP contribution in [0.1, 0.15) is 0 Å². The van der Waals surface area contributed by atoms with Crippen molar-refractivity contribution < 1.29 is 4.42 Å². The molecule has 9 heavy (non-hydrogen) atoms. The molecule has 1 heterocycles. The zero-order valence-corrected chi connectivity index (χ0v) is 7.37. The molecule has 1 aromatic rings. The van der Waals surface area contributed by atoms with E-state index >= 15 is 0 Å². The highest BCUT2D eigenvalue weighted by atomic mass is 32.2. The Balaban J connectivity index is 0.000000187. The Labute approximate surface area is 71.1 Å². The molecule has 0 saturated heterocycles. The summed E-state index contributed by atoms with van der Waals surface area (Å²) in [5.41, 5.74) is 0. The van der Waals surface area contributed by atoms with Gasteiger partial charge in [0.05, 0.1) is 6.26 Å². The van der Waals surface area contributed by atoms with Crippen LogP contribution in [0.3, 0.4) is 0 Å². The molecule has 0 spiro atoms. The van der Waals surface area contributed by atoms with E-state index in [2.05, 4.69) is 37.9 Å². The van der Waals surface area contributed by atoms with Gasteiger partial charge in [-0.25, -0.2) is 0 Å². The first-order valence-corrected chi connectivity index (χ1v) is 3.96. The van der Waals surface area contributed by atoms with E-state index < -0.39 is 0 Å². The highest BCUT2D eigenvalue weighted by Gasteiger charge is 1.77. The quantitative estimate of drug-likeness (QED) is 0.412. The predicted octanol–water partition coefficient (Wildman–Crippen LogP) is 2.37. The topological polar surface area (TPSA) is 13.1 Å². The molecule has 0 aliphatic heterocycles. The van der Waals surface area contributed by atoms with Gasteiger partial charge in [-0.3, -0.25) is 0 Å². The van der Waals surface area contributed by atoms with E-state index in [1.54, 1.807) is 18.4 Å². The highest BCUT2D eigenvalue weighted by Crippen LogP contribution is 2.02. The van der Waals surface area contributed by atoms with Crippen LogP contribution in [-0.4, -0.2) is 5.08 Å². The first-order chi connectivity index (χ1) is 4.31. The van der Waals surface area contributed by atoms with Crippen molar-refractivity contribution in [3.63, 3.8) is 0 Å². The first-order valence-electron chi connectivity index (χ1n) is 2.25. The Morgan fingerprint density at radius 3 is 2.11 bits per heavy atom. The third-order valence-corrected chi connectivity index (χ3v) is 0.761. The second-order valence-corrected chi connectivity index (χ2v) is 2.66. The number of hydrogen-bond donors (Lipinski definition) is 3. The van der Waals surface area contributed by atoms with Crippen LogP contribution in [0.2, 0.25) is 0 Å². The van der Waals surface area contributed by atoms with Crippen LogP contribution in [0.5, 0.6) is 0 Å². The summed E-state index contributed by atoms with van der Waals surface area (Å²) in [5, 5.41) is 1.30. The molecule has 0 N–H and O–H groups in total. The van der Waals surface area contributed by atoms with E-state index in [1.807, 2.05) is 0 Å². The molecule has 0 saturated carbocycles. The van der Waals surface area contributed by atoms with Crippen LogP contribution in [0.15, 0.2) is 27.9 Å². The molecule has 0 radical (unpaired) electrons. The largest absolute Gasteiger partial charge is 0.458 e. The van der Waals surface area contributed by atoms with Crippen molar-refractivity contribution in [2.45, 2.75) is 5.09 Å². The predicted molar refractivity (Wildman–Crippen MR) is 48.8 cm³/mol. The lowest BCUT2D eigenvalue weighted by Crippen LogP contribution is -1.37. The second kappa shape index (κ2) is 6.45. The lowest BCUT2D eigenvalue weighted by atomic mass is 10.7. The molecule has 0 fully saturated rings. The molecule has 0 atom stereocenters. The zero-order valence-electron chi connectivity index (χ0n) is 4.69. The van der Waals surface area contributed by atoms with Crippen LogP contribution in [-0.2, 0) is 0 Å². The maximum absolute atomic E-state index is 4.70. The maximum Gasteiger partial charge on any atom is 0.156 e. The number of thiol groups is 3. The summed E-state index contributed by atoms with van der Waals surface area (Å²) < 4.78 is 4.70. The third-order valence-electron chi connectivity index (χ3n) is 0.506. The number of rotatable bonds is 0. The lowest BCUT2D eigenvalue weighted by molar-refractivity contribution is 0.476. The van der Waals surface area contributed by atoms with Crippen LogP contribution >= 0.6 is 37.9 Å². The molecular formula is C5H8OS3. The van der Waals surface area contributed by atoms with E-state index in [9.17, 15) is 0 Å². The molecule has 1 aromatic heterocycles. The Hall–Kier alpha value is 0.330. The minimum Gasteiger partial charge on any atom is -0.458 e. The van der Waals surface area contributed by atoms with Crippen molar-refractivity contribution in [2.75, 3.05) is 5.08 Å². The standard InChI is InChI=1S/C4H4OS.CH4S2/c6-4-2-1-3-5-4;2-1-3/h1-3,6H;2-3H,1H2. The number of furan rings is 1. The molecular weight excluding hydrogens is 172 g/mol. The van der Waals surface area contributed by atoms with Crippen molar-refractivity contribution >= 4 is 37.9 Å². The Morgan fingerprint density at radius 2 is 2.00 bits per heavy atom. The Bertz CT molecular complexity index is 127. The van der Waals surface area contributed by atoms with Gasteiger partial charge in [-0.05, 0) is 12.1 Å². The third kappa shape index (κ3) is 6.21.